The van der Waals surface area contributed by atoms with Gasteiger partial charge in [0.2, 0.25) is 0 Å². The van der Waals surface area contributed by atoms with Crippen molar-refractivity contribution in [2.45, 2.75) is 13.3 Å². The van der Waals surface area contributed by atoms with Gasteiger partial charge in [-0.05, 0) is 36.3 Å². The number of nitriles is 1. The molecule has 0 saturated carbocycles. The van der Waals surface area contributed by atoms with Crippen LogP contribution in [0, 0.1) is 11.3 Å². The molecule has 26 heavy (non-hydrogen) atoms. The van der Waals surface area contributed by atoms with Crippen LogP contribution in [0.5, 0.6) is 5.75 Å². The van der Waals surface area contributed by atoms with Crippen molar-refractivity contribution in [3.63, 3.8) is 0 Å². The van der Waals surface area contributed by atoms with E-state index in [-0.39, 0.29) is 11.3 Å². The molecule has 0 unspecified atom stereocenters. The summed E-state index contributed by atoms with van der Waals surface area (Å²) in [6, 6.07) is 15.8. The number of carboxylic acids is 1. The zero-order valence-corrected chi connectivity index (χ0v) is 14.2. The van der Waals surface area contributed by atoms with Crippen molar-refractivity contribution in [2.75, 3.05) is 11.9 Å². The zero-order valence-electron chi connectivity index (χ0n) is 14.2. The smallest absolute Gasteiger partial charge is 0.341 e. The van der Waals surface area contributed by atoms with E-state index in [0.717, 1.165) is 12.0 Å². The van der Waals surface area contributed by atoms with E-state index in [9.17, 15) is 14.9 Å². The van der Waals surface area contributed by atoms with Gasteiger partial charge in [0.25, 0.3) is 5.91 Å². The summed E-state index contributed by atoms with van der Waals surface area (Å²) in [6.45, 7) is 1.52. The summed E-state index contributed by atoms with van der Waals surface area (Å²) in [5.41, 5.74) is 2.06. The SMILES string of the molecule is CCc1ccc(NC(=O)/C(C#N)=C/c2ccccc2OCC(=O)O)cc1. The first-order chi connectivity index (χ1) is 12.5. The topological polar surface area (TPSA) is 99.4 Å². The highest BCUT2D eigenvalue weighted by Crippen LogP contribution is 2.21. The van der Waals surface area contributed by atoms with Gasteiger partial charge in [-0.15, -0.1) is 0 Å². The minimum atomic E-state index is -1.11. The Morgan fingerprint density at radius 3 is 2.50 bits per heavy atom. The summed E-state index contributed by atoms with van der Waals surface area (Å²) >= 11 is 0. The lowest BCUT2D eigenvalue weighted by Gasteiger charge is -2.08. The predicted octanol–water partition coefficient (Wildman–Crippen LogP) is 3.26. The maximum Gasteiger partial charge on any atom is 0.341 e. The molecule has 0 aliphatic carbocycles. The van der Waals surface area contributed by atoms with Crippen LogP contribution in [-0.4, -0.2) is 23.6 Å². The highest BCUT2D eigenvalue weighted by molar-refractivity contribution is 6.09. The number of aryl methyl sites for hydroxylation is 1. The van der Waals surface area contributed by atoms with Gasteiger partial charge in [0, 0.05) is 11.3 Å². The summed E-state index contributed by atoms with van der Waals surface area (Å²) in [6.07, 6.45) is 2.26. The van der Waals surface area contributed by atoms with Crippen molar-refractivity contribution < 1.29 is 19.4 Å². The van der Waals surface area contributed by atoms with Gasteiger partial charge >= 0.3 is 5.97 Å². The van der Waals surface area contributed by atoms with Crippen LogP contribution < -0.4 is 10.1 Å². The average molecular weight is 350 g/mol. The molecule has 0 aromatic heterocycles. The van der Waals surface area contributed by atoms with Crippen LogP contribution in [0.3, 0.4) is 0 Å². The van der Waals surface area contributed by atoms with Crippen LogP contribution in [0.1, 0.15) is 18.1 Å². The maximum atomic E-state index is 12.3. The van der Waals surface area contributed by atoms with Crippen molar-refractivity contribution in [2.24, 2.45) is 0 Å². The second kappa shape index (κ2) is 9.04. The Bertz CT molecular complexity index is 864. The molecule has 0 atom stereocenters. The molecule has 0 spiro atoms. The quantitative estimate of drug-likeness (QED) is 0.590. The third-order valence-electron chi connectivity index (χ3n) is 3.56. The zero-order chi connectivity index (χ0) is 18.9. The molecule has 0 aliphatic rings. The number of carboxylic acid groups (broad SMARTS) is 1. The van der Waals surface area contributed by atoms with E-state index in [0.29, 0.717) is 11.3 Å². The van der Waals surface area contributed by atoms with Gasteiger partial charge in [0.1, 0.15) is 17.4 Å². The van der Waals surface area contributed by atoms with Crippen LogP contribution in [-0.2, 0) is 16.0 Å². The molecule has 0 bridgehead atoms. The summed E-state index contributed by atoms with van der Waals surface area (Å²) in [4.78, 5) is 23.0. The Labute approximate surface area is 151 Å². The van der Waals surface area contributed by atoms with E-state index in [4.69, 9.17) is 9.84 Å². The molecule has 0 aliphatic heterocycles. The molecule has 2 rings (SSSR count). The first-order valence-corrected chi connectivity index (χ1v) is 7.99. The standard InChI is InChI=1S/C20H18N2O4/c1-2-14-7-9-17(10-8-14)22-20(25)16(12-21)11-15-5-3-4-6-18(15)26-13-19(23)24/h3-11H,2,13H2,1H3,(H,22,25)(H,23,24)/b16-11+. The molecule has 0 radical (unpaired) electrons. The molecule has 2 aromatic rings. The number of ether oxygens (including phenoxy) is 1. The average Bonchev–Trinajstić information content (AvgIpc) is 2.65. The highest BCUT2D eigenvalue weighted by Gasteiger charge is 2.12. The lowest BCUT2D eigenvalue weighted by atomic mass is 10.1. The monoisotopic (exact) mass is 350 g/mol. The fraction of sp³-hybridized carbons (Fsp3) is 0.150. The van der Waals surface area contributed by atoms with Crippen LogP contribution in [0.2, 0.25) is 0 Å². The second-order valence-electron chi connectivity index (χ2n) is 5.39. The van der Waals surface area contributed by atoms with Crippen molar-refractivity contribution >= 4 is 23.6 Å². The van der Waals surface area contributed by atoms with Gasteiger partial charge in [-0.3, -0.25) is 4.79 Å². The number of nitrogens with one attached hydrogen (secondary N) is 1. The molecule has 0 heterocycles. The van der Waals surface area contributed by atoms with Gasteiger partial charge < -0.3 is 15.2 Å². The molecule has 0 saturated heterocycles. The Hall–Kier alpha value is -3.59. The molecule has 2 N–H and O–H groups in total. The molecule has 6 heteroatoms. The van der Waals surface area contributed by atoms with Crippen LogP contribution in [0.4, 0.5) is 5.69 Å². The fourth-order valence-electron chi connectivity index (χ4n) is 2.20. The molecule has 2 aromatic carbocycles. The van der Waals surface area contributed by atoms with Crippen molar-refractivity contribution in [3.05, 3.63) is 65.2 Å². The van der Waals surface area contributed by atoms with Crippen molar-refractivity contribution in [1.29, 1.82) is 5.26 Å². The largest absolute Gasteiger partial charge is 0.481 e. The van der Waals surface area contributed by atoms with Gasteiger partial charge in [-0.2, -0.15) is 5.26 Å². The van der Waals surface area contributed by atoms with Gasteiger partial charge in [-0.25, -0.2) is 4.79 Å². The maximum absolute atomic E-state index is 12.3. The first kappa shape index (κ1) is 18.7. The number of nitrogens with zero attached hydrogens (tertiary/aromatic N) is 1. The number of amides is 1. The van der Waals surface area contributed by atoms with E-state index < -0.39 is 18.5 Å². The fourth-order valence-corrected chi connectivity index (χ4v) is 2.20. The minimum absolute atomic E-state index is 0.115. The van der Waals surface area contributed by atoms with Crippen molar-refractivity contribution in [3.8, 4) is 11.8 Å². The molecular weight excluding hydrogens is 332 g/mol. The molecule has 6 nitrogen and oxygen atoms in total. The summed E-state index contributed by atoms with van der Waals surface area (Å²) in [7, 11) is 0. The van der Waals surface area contributed by atoms with Crippen LogP contribution in [0.15, 0.2) is 54.1 Å². The normalized spacial score (nSPS) is 10.7. The highest BCUT2D eigenvalue weighted by atomic mass is 16.5. The number of anilines is 1. The van der Waals surface area contributed by atoms with Crippen LogP contribution in [0.25, 0.3) is 6.08 Å². The number of para-hydroxylation sites is 1. The number of hydrogen-bond acceptors (Lipinski definition) is 4. The Balaban J connectivity index is 2.20. The van der Waals surface area contributed by atoms with Crippen LogP contribution >= 0.6 is 0 Å². The molecule has 132 valence electrons. The van der Waals surface area contributed by atoms with Gasteiger partial charge in [0.15, 0.2) is 6.61 Å². The summed E-state index contributed by atoms with van der Waals surface area (Å²) in [5, 5.41) is 20.7. The van der Waals surface area contributed by atoms with Gasteiger partial charge in [-0.1, -0.05) is 37.3 Å². The number of carbonyl (C=O) groups excluding carboxylic acids is 1. The number of rotatable bonds is 7. The lowest BCUT2D eigenvalue weighted by molar-refractivity contribution is -0.139. The van der Waals surface area contributed by atoms with Crippen molar-refractivity contribution in [1.82, 2.24) is 0 Å². The Morgan fingerprint density at radius 2 is 1.88 bits per heavy atom. The van der Waals surface area contributed by atoms with E-state index in [2.05, 4.69) is 5.32 Å². The Morgan fingerprint density at radius 1 is 1.19 bits per heavy atom. The number of carbonyl (C=O) groups is 2. The summed E-state index contributed by atoms with van der Waals surface area (Å²) in [5.74, 6) is -1.38. The molecule has 0 fully saturated rings. The molecule has 1 amide bonds. The Kier molecular flexibility index (Phi) is 6.52. The first-order valence-electron chi connectivity index (χ1n) is 7.99. The summed E-state index contributed by atoms with van der Waals surface area (Å²) < 4.78 is 5.18. The number of benzene rings is 2. The van der Waals surface area contributed by atoms with E-state index >= 15 is 0 Å². The third kappa shape index (κ3) is 5.21. The minimum Gasteiger partial charge on any atom is -0.481 e. The predicted molar refractivity (Wildman–Crippen MR) is 97.6 cm³/mol. The van der Waals surface area contributed by atoms with E-state index in [1.54, 1.807) is 36.4 Å². The molecular formula is C20H18N2O4. The second-order valence-corrected chi connectivity index (χ2v) is 5.39. The number of hydrogen-bond donors (Lipinski definition) is 2. The third-order valence-corrected chi connectivity index (χ3v) is 3.56. The number of aliphatic carboxylic acids is 1. The van der Waals surface area contributed by atoms with E-state index in [1.165, 1.54) is 6.08 Å². The van der Waals surface area contributed by atoms with E-state index in [1.807, 2.05) is 25.1 Å². The lowest BCUT2D eigenvalue weighted by Crippen LogP contribution is -2.13. The van der Waals surface area contributed by atoms with Gasteiger partial charge in [0.05, 0.1) is 0 Å².